The molecule has 60 heavy (non-hydrogen) atoms. The SMILES string of the molecule is CC.CCn1nc(C)cc1C=O.CNc1nc2cc(S(N)(=O)=O)ccc2n1C/C=C/Cn1c(NC(=O)C2=CC(C)NN2C)nc2cc(C(N)=O)cc(OCCC3CNC3)c21. The van der Waals surface area contributed by atoms with Crippen LogP contribution in [-0.4, -0.2) is 100 Å². The van der Waals surface area contributed by atoms with Crippen molar-refractivity contribution in [2.75, 3.05) is 44.4 Å². The van der Waals surface area contributed by atoms with E-state index in [-0.39, 0.29) is 34.9 Å². The molecule has 2 aromatic carbocycles. The number of hydrazine groups is 1. The van der Waals surface area contributed by atoms with Crippen LogP contribution in [-0.2, 0) is 34.5 Å². The zero-order chi connectivity index (χ0) is 43.7. The van der Waals surface area contributed by atoms with Gasteiger partial charge in [-0.25, -0.2) is 29.0 Å². The number of fused-ring (bicyclic) bond motifs is 2. The maximum Gasteiger partial charge on any atom is 0.275 e. The molecule has 0 spiro atoms. The molecule has 19 nitrogen and oxygen atoms in total. The Hall–Kier alpha value is -6.09. The number of likely N-dealkylation sites (N-methyl/N-ethyl adjacent to an activating group) is 1. The molecule has 0 radical (unpaired) electrons. The lowest BCUT2D eigenvalue weighted by Crippen LogP contribution is -2.42. The van der Waals surface area contributed by atoms with E-state index in [2.05, 4.69) is 31.5 Å². The van der Waals surface area contributed by atoms with Crippen molar-refractivity contribution in [2.24, 2.45) is 16.8 Å². The zero-order valence-electron chi connectivity index (χ0n) is 35.0. The fourth-order valence-corrected chi connectivity index (χ4v) is 7.27. The van der Waals surface area contributed by atoms with Gasteiger partial charge in [-0.15, -0.1) is 0 Å². The van der Waals surface area contributed by atoms with E-state index in [0.717, 1.165) is 38.0 Å². The highest BCUT2D eigenvalue weighted by Gasteiger charge is 2.26. The number of nitrogens with two attached hydrogens (primary N) is 2. The molecule has 2 aliphatic heterocycles. The summed E-state index contributed by atoms with van der Waals surface area (Å²) in [4.78, 5) is 45.2. The van der Waals surface area contributed by atoms with Gasteiger partial charge in [0.15, 0.2) is 6.29 Å². The predicted molar refractivity (Wildman–Crippen MR) is 231 cm³/mol. The molecule has 5 aromatic rings. The monoisotopic (exact) mass is 845 g/mol. The van der Waals surface area contributed by atoms with Gasteiger partial charge in [-0.3, -0.25) is 24.4 Å². The molecule has 7 rings (SSSR count). The number of carbonyl (C=O) groups is 3. The first-order chi connectivity index (χ1) is 28.7. The first-order valence-corrected chi connectivity index (χ1v) is 21.3. The molecule has 2 aliphatic rings. The molecule has 0 bridgehead atoms. The second-order valence-electron chi connectivity index (χ2n) is 14.0. The minimum absolute atomic E-state index is 0.0189. The van der Waals surface area contributed by atoms with Gasteiger partial charge in [-0.05, 0) is 88.7 Å². The maximum absolute atomic E-state index is 13.4. The normalized spacial score (nSPS) is 15.2. The summed E-state index contributed by atoms with van der Waals surface area (Å²) in [6.07, 6.45) is 7.32. The first kappa shape index (κ1) is 45.0. The summed E-state index contributed by atoms with van der Waals surface area (Å²) in [6, 6.07) is 9.51. The van der Waals surface area contributed by atoms with E-state index in [0.29, 0.717) is 64.2 Å². The summed E-state index contributed by atoms with van der Waals surface area (Å²) in [7, 11) is -0.393. The highest BCUT2D eigenvalue weighted by atomic mass is 32.2. The Morgan fingerprint density at radius 1 is 1.03 bits per heavy atom. The van der Waals surface area contributed by atoms with Gasteiger partial charge < -0.3 is 35.2 Å². The Morgan fingerprint density at radius 2 is 1.73 bits per heavy atom. The van der Waals surface area contributed by atoms with Crippen LogP contribution in [0, 0.1) is 12.8 Å². The van der Waals surface area contributed by atoms with Gasteiger partial charge in [0.05, 0.1) is 33.7 Å². The number of primary sulfonamides is 1. The molecule has 1 unspecified atom stereocenters. The average molecular weight is 846 g/mol. The number of primary amides is 1. The Balaban J connectivity index is 0.000000494. The minimum atomic E-state index is -3.88. The molecule has 322 valence electrons. The van der Waals surface area contributed by atoms with Crippen molar-refractivity contribution in [3.63, 3.8) is 0 Å². The van der Waals surface area contributed by atoms with E-state index in [4.69, 9.17) is 20.6 Å². The van der Waals surface area contributed by atoms with E-state index in [1.54, 1.807) is 48.1 Å². The number of hydrogen-bond acceptors (Lipinski definition) is 13. The van der Waals surface area contributed by atoms with Crippen LogP contribution in [0.1, 0.15) is 60.7 Å². The van der Waals surface area contributed by atoms with Crippen LogP contribution in [0.5, 0.6) is 5.75 Å². The van der Waals surface area contributed by atoms with Crippen molar-refractivity contribution in [3.05, 3.63) is 77.3 Å². The number of nitrogens with zero attached hydrogens (tertiary/aromatic N) is 7. The molecule has 3 aromatic heterocycles. The maximum atomic E-state index is 13.4. The van der Waals surface area contributed by atoms with Crippen molar-refractivity contribution < 1.29 is 27.5 Å². The summed E-state index contributed by atoms with van der Waals surface area (Å²) in [5.74, 6) is 0.784. The van der Waals surface area contributed by atoms with Crippen LogP contribution in [0.4, 0.5) is 11.9 Å². The summed E-state index contributed by atoms with van der Waals surface area (Å²) in [5.41, 5.74) is 13.3. The molecule has 0 aliphatic carbocycles. The largest absolute Gasteiger partial charge is 0.491 e. The molecule has 1 saturated heterocycles. The lowest BCUT2D eigenvalue weighted by molar-refractivity contribution is -0.114. The minimum Gasteiger partial charge on any atom is -0.491 e. The van der Waals surface area contributed by atoms with E-state index in [1.807, 2.05) is 62.0 Å². The molecule has 1 atom stereocenters. The van der Waals surface area contributed by atoms with E-state index < -0.39 is 15.9 Å². The van der Waals surface area contributed by atoms with Gasteiger partial charge in [0.2, 0.25) is 27.8 Å². The number of imidazole rings is 2. The summed E-state index contributed by atoms with van der Waals surface area (Å²) >= 11 is 0. The van der Waals surface area contributed by atoms with E-state index >= 15 is 0 Å². The van der Waals surface area contributed by atoms with Crippen LogP contribution in [0.25, 0.3) is 22.1 Å². The highest BCUT2D eigenvalue weighted by Crippen LogP contribution is 2.32. The number of hydrogen-bond donors (Lipinski definition) is 6. The number of nitrogens with one attached hydrogen (secondary N) is 4. The van der Waals surface area contributed by atoms with Gasteiger partial charge >= 0.3 is 0 Å². The lowest BCUT2D eigenvalue weighted by atomic mass is 10.0. The van der Waals surface area contributed by atoms with Gasteiger partial charge in [0.25, 0.3) is 5.91 Å². The van der Waals surface area contributed by atoms with Crippen molar-refractivity contribution >= 4 is 62.1 Å². The molecular formula is C40H55N13O6S. The number of allylic oxidation sites excluding steroid dienone is 2. The summed E-state index contributed by atoms with van der Waals surface area (Å²) < 4.78 is 35.4. The third kappa shape index (κ3) is 10.4. The molecule has 5 heterocycles. The van der Waals surface area contributed by atoms with Gasteiger partial charge in [-0.1, -0.05) is 26.0 Å². The number of carbonyl (C=O) groups excluding carboxylic acids is 3. The van der Waals surface area contributed by atoms with Crippen LogP contribution in [0.3, 0.4) is 0 Å². The second kappa shape index (κ2) is 19.8. The number of aryl methyl sites for hydroxylation is 2. The number of anilines is 2. The molecule has 1 fully saturated rings. The molecule has 2 amide bonds. The van der Waals surface area contributed by atoms with Crippen molar-refractivity contribution in [1.82, 2.24) is 44.6 Å². The Kier molecular flexibility index (Phi) is 14.8. The van der Waals surface area contributed by atoms with Crippen molar-refractivity contribution in [1.29, 1.82) is 0 Å². The second-order valence-corrected chi connectivity index (χ2v) is 15.6. The topological polar surface area (TPSA) is 251 Å². The Labute approximate surface area is 349 Å². The van der Waals surface area contributed by atoms with Crippen LogP contribution >= 0.6 is 0 Å². The van der Waals surface area contributed by atoms with E-state index in [9.17, 15) is 22.8 Å². The quantitative estimate of drug-likeness (QED) is 0.0656. The zero-order valence-corrected chi connectivity index (χ0v) is 35.8. The molecule has 0 saturated carbocycles. The average Bonchev–Trinajstić information content (AvgIpc) is 3.96. The Bertz CT molecular complexity index is 2520. The predicted octanol–water partition coefficient (Wildman–Crippen LogP) is 3.13. The standard InChI is InChI=1S/C31H39N11O5S.C7H10N2O.C2H6/c1-18-12-25(40(3)39-18)29(44)38-31-37-23-13-20(28(32)43)14-26(47-11-8-19-16-35-17-19)27(23)42(31)10-5-4-9-41-24-7-6-21(48(33,45)46)15-22(24)36-30(41)34-2;1-3-9-7(5-10)4-6(2)8-9;1-2/h4-7,12-15,18-19,35,39H,8-11,16-17H2,1-3H3,(H2,32,43)(H,34,36)(H2,33,45,46)(H,37,38,44);4-5H,3H2,1-2H3;1-2H3/b5-4+;;. The van der Waals surface area contributed by atoms with Gasteiger partial charge in [0, 0.05) is 45.3 Å². The molecule has 8 N–H and O–H groups in total. The van der Waals surface area contributed by atoms with Crippen LogP contribution < -0.4 is 37.0 Å². The number of aromatic nitrogens is 6. The summed E-state index contributed by atoms with van der Waals surface area (Å²) in [6.45, 7) is 13.5. The number of rotatable bonds is 15. The first-order valence-electron chi connectivity index (χ1n) is 19.8. The van der Waals surface area contributed by atoms with Gasteiger partial charge in [0.1, 0.15) is 22.7 Å². The van der Waals surface area contributed by atoms with E-state index in [1.165, 1.54) is 12.1 Å². The number of ether oxygens (including phenoxy) is 1. The van der Waals surface area contributed by atoms with Crippen molar-refractivity contribution in [2.45, 2.75) is 71.6 Å². The third-order valence-corrected chi connectivity index (χ3v) is 10.6. The molecular weight excluding hydrogens is 791 g/mol. The fraction of sp³-hybridized carbons (Fsp3) is 0.400. The smallest absolute Gasteiger partial charge is 0.275 e. The van der Waals surface area contributed by atoms with Crippen molar-refractivity contribution in [3.8, 4) is 5.75 Å². The van der Waals surface area contributed by atoms with Crippen LogP contribution in [0.15, 0.2) is 65.2 Å². The third-order valence-electron chi connectivity index (χ3n) is 9.73. The highest BCUT2D eigenvalue weighted by molar-refractivity contribution is 7.89. The molecule has 20 heteroatoms. The fourth-order valence-electron chi connectivity index (χ4n) is 6.73. The van der Waals surface area contributed by atoms with Crippen LogP contribution in [0.2, 0.25) is 0 Å². The summed E-state index contributed by atoms with van der Waals surface area (Å²) in [5, 5.41) is 20.3. The number of aldehydes is 1. The van der Waals surface area contributed by atoms with Gasteiger partial charge in [-0.2, -0.15) is 5.10 Å². The number of benzene rings is 2. The number of sulfonamides is 1. The lowest BCUT2D eigenvalue weighted by Gasteiger charge is -2.26. The Morgan fingerprint density at radius 3 is 2.30 bits per heavy atom. The number of amides is 2.